The number of hydrogen-bond acceptors (Lipinski definition) is 3. The van der Waals surface area contributed by atoms with Crippen molar-refractivity contribution in [2.75, 3.05) is 10.6 Å². The fourth-order valence-corrected chi connectivity index (χ4v) is 2.28. The summed E-state index contributed by atoms with van der Waals surface area (Å²) in [6, 6.07) is 4.81. The van der Waals surface area contributed by atoms with Crippen LogP contribution in [0.4, 0.5) is 29.3 Å². The number of halogens is 4. The Bertz CT molecular complexity index is 898. The summed E-state index contributed by atoms with van der Waals surface area (Å²) in [6.45, 7) is 4.88. The van der Waals surface area contributed by atoms with Crippen LogP contribution in [0.1, 0.15) is 31.1 Å². The fourth-order valence-electron chi connectivity index (χ4n) is 2.05. The molecule has 2 aromatic rings. The van der Waals surface area contributed by atoms with Gasteiger partial charge in [0.25, 0.3) is 5.91 Å². The largest absolute Gasteiger partial charge is 0.444 e. The highest BCUT2D eigenvalue weighted by Crippen LogP contribution is 2.27. The molecule has 0 radical (unpaired) electrons. The van der Waals surface area contributed by atoms with Gasteiger partial charge in [0.2, 0.25) is 0 Å². The Morgan fingerprint density at radius 1 is 1.00 bits per heavy atom. The first-order valence-electron chi connectivity index (χ1n) is 7.72. The van der Waals surface area contributed by atoms with Crippen molar-refractivity contribution in [1.82, 2.24) is 0 Å². The second-order valence-corrected chi connectivity index (χ2v) is 6.90. The molecule has 0 spiro atoms. The van der Waals surface area contributed by atoms with Gasteiger partial charge in [-0.15, -0.1) is 0 Å². The summed E-state index contributed by atoms with van der Waals surface area (Å²) in [4.78, 5) is 24.1. The smallest absolute Gasteiger partial charge is 0.412 e. The second kappa shape index (κ2) is 7.87. The molecule has 0 aromatic heterocycles. The molecule has 0 aliphatic rings. The molecule has 27 heavy (non-hydrogen) atoms. The topological polar surface area (TPSA) is 67.4 Å². The van der Waals surface area contributed by atoms with E-state index in [1.165, 1.54) is 6.07 Å². The first kappa shape index (κ1) is 20.6. The Hall–Kier alpha value is -2.74. The van der Waals surface area contributed by atoms with Gasteiger partial charge < -0.3 is 10.1 Å². The lowest BCUT2D eigenvalue weighted by Gasteiger charge is -2.20. The van der Waals surface area contributed by atoms with Crippen molar-refractivity contribution in [1.29, 1.82) is 0 Å². The van der Waals surface area contributed by atoms with Crippen LogP contribution in [0.3, 0.4) is 0 Å². The highest BCUT2D eigenvalue weighted by atomic mass is 35.5. The number of nitrogens with one attached hydrogen (secondary N) is 2. The lowest BCUT2D eigenvalue weighted by molar-refractivity contribution is 0.0634. The molecule has 2 aromatic carbocycles. The van der Waals surface area contributed by atoms with Crippen molar-refractivity contribution in [3.63, 3.8) is 0 Å². The number of ether oxygens (including phenoxy) is 1. The van der Waals surface area contributed by atoms with E-state index in [4.69, 9.17) is 16.3 Å². The molecule has 2 amide bonds. The van der Waals surface area contributed by atoms with Gasteiger partial charge in [-0.3, -0.25) is 10.1 Å². The summed E-state index contributed by atoms with van der Waals surface area (Å²) in [5, 5.41) is 4.02. The molecular weight excluding hydrogens is 385 g/mol. The molecule has 0 fully saturated rings. The van der Waals surface area contributed by atoms with E-state index in [0.717, 1.165) is 18.2 Å². The Morgan fingerprint density at radius 2 is 1.63 bits per heavy atom. The zero-order valence-corrected chi connectivity index (χ0v) is 15.4. The van der Waals surface area contributed by atoms with E-state index in [1.807, 2.05) is 0 Å². The molecule has 2 rings (SSSR count). The Morgan fingerprint density at radius 3 is 2.22 bits per heavy atom. The zero-order chi connectivity index (χ0) is 20.4. The Balaban J connectivity index is 2.28. The van der Waals surface area contributed by atoms with Crippen molar-refractivity contribution >= 4 is 35.0 Å². The molecule has 0 heterocycles. The van der Waals surface area contributed by atoms with Crippen molar-refractivity contribution in [2.24, 2.45) is 0 Å². The van der Waals surface area contributed by atoms with Crippen LogP contribution < -0.4 is 10.6 Å². The molecule has 0 atom stereocenters. The molecule has 0 bridgehead atoms. The molecule has 0 unspecified atom stereocenters. The van der Waals surface area contributed by atoms with Crippen LogP contribution in [-0.4, -0.2) is 17.6 Å². The average Bonchev–Trinajstić information content (AvgIpc) is 2.51. The molecular formula is C18H16ClF3N2O3. The summed E-state index contributed by atoms with van der Waals surface area (Å²) in [6.07, 6.45) is -0.931. The highest BCUT2D eigenvalue weighted by Gasteiger charge is 2.23. The molecule has 5 nitrogen and oxygen atoms in total. The standard InChI is InChI=1S/C18H16ClF3N2O3/c1-18(2,3)27-17(26)24-13-7-5-10(19)14(15(13)22)16(25)23-12-6-4-9(20)8-11(12)21/h4-8H,1-3H3,(H,23,25)(H,24,26). The van der Waals surface area contributed by atoms with E-state index in [2.05, 4.69) is 10.6 Å². The third kappa shape index (κ3) is 5.37. The van der Waals surface area contributed by atoms with Crippen LogP contribution in [0.15, 0.2) is 30.3 Å². The van der Waals surface area contributed by atoms with Crippen LogP contribution >= 0.6 is 11.6 Å². The van der Waals surface area contributed by atoms with E-state index in [9.17, 15) is 22.8 Å². The van der Waals surface area contributed by atoms with Gasteiger partial charge in [-0.2, -0.15) is 0 Å². The van der Waals surface area contributed by atoms with Gasteiger partial charge >= 0.3 is 6.09 Å². The van der Waals surface area contributed by atoms with Gasteiger partial charge in [0.15, 0.2) is 5.82 Å². The number of anilines is 2. The molecule has 9 heteroatoms. The second-order valence-electron chi connectivity index (χ2n) is 6.49. The predicted molar refractivity (Wildman–Crippen MR) is 95.6 cm³/mol. The predicted octanol–water partition coefficient (Wildman–Crippen LogP) is 5.36. The molecule has 0 saturated carbocycles. The van der Waals surface area contributed by atoms with Gasteiger partial charge in [-0.25, -0.2) is 18.0 Å². The van der Waals surface area contributed by atoms with E-state index < -0.39 is 40.6 Å². The maximum Gasteiger partial charge on any atom is 0.412 e. The molecule has 0 aliphatic heterocycles. The summed E-state index contributed by atoms with van der Waals surface area (Å²) < 4.78 is 46.3. The summed E-state index contributed by atoms with van der Waals surface area (Å²) in [5.74, 6) is -4.08. The third-order valence-electron chi connectivity index (χ3n) is 3.13. The minimum absolute atomic E-state index is 0.262. The van der Waals surface area contributed by atoms with Gasteiger partial charge in [-0.1, -0.05) is 11.6 Å². The van der Waals surface area contributed by atoms with Crippen molar-refractivity contribution < 1.29 is 27.5 Å². The van der Waals surface area contributed by atoms with Crippen LogP contribution in [0.5, 0.6) is 0 Å². The quantitative estimate of drug-likeness (QED) is 0.729. The number of hydrogen-bond donors (Lipinski definition) is 2. The average molecular weight is 401 g/mol. The normalized spacial score (nSPS) is 11.1. The van der Waals surface area contributed by atoms with Gasteiger partial charge in [0.05, 0.1) is 22.0 Å². The molecule has 2 N–H and O–H groups in total. The lowest BCUT2D eigenvalue weighted by atomic mass is 10.1. The van der Waals surface area contributed by atoms with Crippen molar-refractivity contribution in [2.45, 2.75) is 26.4 Å². The van der Waals surface area contributed by atoms with Crippen LogP contribution in [0.25, 0.3) is 0 Å². The van der Waals surface area contributed by atoms with Gasteiger partial charge in [-0.05, 0) is 45.0 Å². The van der Waals surface area contributed by atoms with E-state index in [1.54, 1.807) is 20.8 Å². The third-order valence-corrected chi connectivity index (χ3v) is 3.45. The minimum atomic E-state index is -1.13. The zero-order valence-electron chi connectivity index (χ0n) is 14.6. The first-order valence-corrected chi connectivity index (χ1v) is 8.10. The lowest BCUT2D eigenvalue weighted by Crippen LogP contribution is -2.27. The minimum Gasteiger partial charge on any atom is -0.444 e. The summed E-state index contributed by atoms with van der Waals surface area (Å²) in [7, 11) is 0. The summed E-state index contributed by atoms with van der Waals surface area (Å²) in [5.41, 5.74) is -2.14. The number of amides is 2. The van der Waals surface area contributed by atoms with Crippen LogP contribution in [0.2, 0.25) is 5.02 Å². The van der Waals surface area contributed by atoms with E-state index in [0.29, 0.717) is 6.07 Å². The van der Waals surface area contributed by atoms with Crippen molar-refractivity contribution in [3.8, 4) is 0 Å². The van der Waals surface area contributed by atoms with Gasteiger partial charge in [0, 0.05) is 6.07 Å². The monoisotopic (exact) mass is 400 g/mol. The van der Waals surface area contributed by atoms with Gasteiger partial charge in [0.1, 0.15) is 17.2 Å². The number of rotatable bonds is 3. The van der Waals surface area contributed by atoms with E-state index in [-0.39, 0.29) is 16.4 Å². The first-order chi connectivity index (χ1) is 12.5. The van der Waals surface area contributed by atoms with Crippen LogP contribution in [0, 0.1) is 17.5 Å². The Labute approximate surface area is 158 Å². The Kier molecular flexibility index (Phi) is 6.00. The molecule has 0 saturated heterocycles. The maximum atomic E-state index is 14.7. The number of carbonyl (C=O) groups is 2. The number of benzene rings is 2. The maximum absolute atomic E-state index is 14.7. The SMILES string of the molecule is CC(C)(C)OC(=O)Nc1ccc(Cl)c(C(=O)Nc2ccc(F)cc2F)c1F. The molecule has 0 aliphatic carbocycles. The number of carbonyl (C=O) groups excluding carboxylic acids is 2. The summed E-state index contributed by atoms with van der Waals surface area (Å²) >= 11 is 5.87. The fraction of sp³-hybridized carbons (Fsp3) is 0.222. The van der Waals surface area contributed by atoms with Crippen molar-refractivity contribution in [3.05, 3.63) is 58.4 Å². The highest BCUT2D eigenvalue weighted by molar-refractivity contribution is 6.34. The molecule has 144 valence electrons. The van der Waals surface area contributed by atoms with E-state index >= 15 is 0 Å². The van der Waals surface area contributed by atoms with Crippen LogP contribution in [-0.2, 0) is 4.74 Å².